The molecule has 26 heavy (non-hydrogen) atoms. The van der Waals surface area contributed by atoms with Crippen molar-refractivity contribution in [3.8, 4) is 11.5 Å². The molecule has 0 bridgehead atoms. The highest BCUT2D eigenvalue weighted by atomic mass is 32.2. The molecule has 0 atom stereocenters. The number of benzene rings is 2. The summed E-state index contributed by atoms with van der Waals surface area (Å²) in [5, 5.41) is 9.33. The van der Waals surface area contributed by atoms with Crippen molar-refractivity contribution in [1.82, 2.24) is 14.8 Å². The lowest BCUT2D eigenvalue weighted by Crippen LogP contribution is -2.07. The first-order chi connectivity index (χ1) is 12.7. The molecule has 2 aromatic carbocycles. The van der Waals surface area contributed by atoms with Crippen LogP contribution in [0.25, 0.3) is 0 Å². The van der Waals surface area contributed by atoms with Gasteiger partial charge >= 0.3 is 0 Å². The minimum Gasteiger partial charge on any atom is -0.497 e. The molecule has 0 fully saturated rings. The normalized spacial score (nSPS) is 10.7. The van der Waals surface area contributed by atoms with E-state index in [0.29, 0.717) is 12.4 Å². The van der Waals surface area contributed by atoms with Crippen molar-refractivity contribution in [3.63, 3.8) is 0 Å². The third kappa shape index (κ3) is 4.54. The second-order valence-electron chi connectivity index (χ2n) is 5.52. The number of nitrogens with zero attached hydrogens (tertiary/aromatic N) is 3. The Morgan fingerprint density at radius 1 is 1.00 bits per heavy atom. The monoisotopic (exact) mass is 373 g/mol. The van der Waals surface area contributed by atoms with Crippen molar-refractivity contribution in [2.24, 2.45) is 0 Å². The summed E-state index contributed by atoms with van der Waals surface area (Å²) in [6.07, 6.45) is 0. The molecule has 0 saturated carbocycles. The zero-order valence-corrected chi connectivity index (χ0v) is 15.5. The van der Waals surface area contributed by atoms with Crippen molar-refractivity contribution in [2.45, 2.75) is 31.0 Å². The molecule has 0 unspecified atom stereocenters. The highest BCUT2D eigenvalue weighted by Crippen LogP contribution is 2.23. The van der Waals surface area contributed by atoms with Gasteiger partial charge in [-0.25, -0.2) is 4.39 Å². The first-order valence-corrected chi connectivity index (χ1v) is 9.24. The van der Waals surface area contributed by atoms with Crippen LogP contribution in [0.15, 0.2) is 53.7 Å². The molecule has 136 valence electrons. The number of halogens is 1. The third-order valence-corrected chi connectivity index (χ3v) is 4.86. The fourth-order valence-corrected chi connectivity index (χ4v) is 3.38. The van der Waals surface area contributed by atoms with Gasteiger partial charge in [0.05, 0.1) is 7.11 Å². The number of hydrogen-bond donors (Lipinski definition) is 0. The maximum absolute atomic E-state index is 13.0. The first-order valence-electron chi connectivity index (χ1n) is 8.25. The maximum Gasteiger partial charge on any atom is 0.191 e. The van der Waals surface area contributed by atoms with Gasteiger partial charge in [0.25, 0.3) is 0 Å². The molecule has 0 spiro atoms. The van der Waals surface area contributed by atoms with Crippen LogP contribution in [0.4, 0.5) is 4.39 Å². The molecule has 0 aliphatic heterocycles. The molecule has 0 amide bonds. The molecule has 0 aliphatic carbocycles. The molecule has 7 heteroatoms. The SMILES string of the molecule is CCn1c(COc2ccc(OC)cc2)nnc1SCc1ccc(F)cc1. The zero-order chi connectivity index (χ0) is 18.4. The predicted octanol–water partition coefficient (Wildman–Crippen LogP) is 4.32. The molecule has 0 radical (unpaired) electrons. The minimum absolute atomic E-state index is 0.228. The molecule has 0 aliphatic rings. The average molecular weight is 373 g/mol. The van der Waals surface area contributed by atoms with Crippen LogP contribution >= 0.6 is 11.8 Å². The van der Waals surface area contributed by atoms with Crippen molar-refractivity contribution >= 4 is 11.8 Å². The van der Waals surface area contributed by atoms with E-state index in [4.69, 9.17) is 9.47 Å². The van der Waals surface area contributed by atoms with Gasteiger partial charge in [0, 0.05) is 12.3 Å². The van der Waals surface area contributed by atoms with Gasteiger partial charge in [-0.2, -0.15) is 0 Å². The van der Waals surface area contributed by atoms with E-state index < -0.39 is 0 Å². The van der Waals surface area contributed by atoms with Gasteiger partial charge in [0.2, 0.25) is 0 Å². The van der Waals surface area contributed by atoms with Crippen LogP contribution in [0.1, 0.15) is 18.3 Å². The van der Waals surface area contributed by atoms with Crippen molar-refractivity contribution in [2.75, 3.05) is 7.11 Å². The van der Waals surface area contributed by atoms with Crippen LogP contribution in [-0.4, -0.2) is 21.9 Å². The topological polar surface area (TPSA) is 49.2 Å². The van der Waals surface area contributed by atoms with Crippen LogP contribution in [-0.2, 0) is 18.9 Å². The predicted molar refractivity (Wildman–Crippen MR) is 99.0 cm³/mol. The molecule has 1 aromatic heterocycles. The van der Waals surface area contributed by atoms with Crippen LogP contribution in [0.2, 0.25) is 0 Å². The summed E-state index contributed by atoms with van der Waals surface area (Å²) >= 11 is 1.57. The van der Waals surface area contributed by atoms with Gasteiger partial charge in [-0.15, -0.1) is 10.2 Å². The van der Waals surface area contributed by atoms with Gasteiger partial charge in [0.15, 0.2) is 11.0 Å². The molecule has 0 N–H and O–H groups in total. The van der Waals surface area contributed by atoms with Crippen LogP contribution in [0, 0.1) is 5.82 Å². The van der Waals surface area contributed by atoms with Crippen molar-refractivity contribution < 1.29 is 13.9 Å². The van der Waals surface area contributed by atoms with Crippen LogP contribution in [0.3, 0.4) is 0 Å². The highest BCUT2D eigenvalue weighted by molar-refractivity contribution is 7.98. The molecule has 1 heterocycles. The van der Waals surface area contributed by atoms with E-state index >= 15 is 0 Å². The molecular weight excluding hydrogens is 353 g/mol. The Morgan fingerprint density at radius 3 is 2.35 bits per heavy atom. The number of hydrogen-bond acceptors (Lipinski definition) is 5. The quantitative estimate of drug-likeness (QED) is 0.551. The standard InChI is InChI=1S/C19H20FN3O2S/c1-3-23-18(12-25-17-10-8-16(24-2)9-11-17)21-22-19(23)26-13-14-4-6-15(20)7-5-14/h4-11H,3,12-13H2,1-2H3. The summed E-state index contributed by atoms with van der Waals surface area (Å²) in [5.41, 5.74) is 1.04. The Kier molecular flexibility index (Phi) is 6.12. The second kappa shape index (κ2) is 8.71. The number of rotatable bonds is 8. The Labute approximate surface area is 156 Å². The first kappa shape index (κ1) is 18.3. The van der Waals surface area contributed by atoms with E-state index in [9.17, 15) is 4.39 Å². The molecule has 3 rings (SSSR count). The highest BCUT2D eigenvalue weighted by Gasteiger charge is 2.12. The fourth-order valence-electron chi connectivity index (χ4n) is 2.40. The van der Waals surface area contributed by atoms with Gasteiger partial charge in [-0.3, -0.25) is 0 Å². The van der Waals surface area contributed by atoms with E-state index in [1.807, 2.05) is 35.8 Å². The van der Waals surface area contributed by atoms with Gasteiger partial charge in [-0.05, 0) is 48.9 Å². The number of thioether (sulfide) groups is 1. The maximum atomic E-state index is 13.0. The summed E-state index contributed by atoms with van der Waals surface area (Å²) < 4.78 is 25.9. The number of aromatic nitrogens is 3. The lowest BCUT2D eigenvalue weighted by Gasteiger charge is -2.09. The minimum atomic E-state index is -0.228. The summed E-state index contributed by atoms with van der Waals surface area (Å²) in [7, 11) is 1.63. The zero-order valence-electron chi connectivity index (χ0n) is 14.7. The van der Waals surface area contributed by atoms with Gasteiger partial charge < -0.3 is 14.0 Å². The van der Waals surface area contributed by atoms with E-state index in [2.05, 4.69) is 10.2 Å². The van der Waals surface area contributed by atoms with Crippen LogP contribution in [0.5, 0.6) is 11.5 Å². The van der Waals surface area contributed by atoms with E-state index in [-0.39, 0.29) is 5.82 Å². The fraction of sp³-hybridized carbons (Fsp3) is 0.263. The molecule has 5 nitrogen and oxygen atoms in total. The van der Waals surface area contributed by atoms with Crippen LogP contribution < -0.4 is 9.47 Å². The lowest BCUT2D eigenvalue weighted by molar-refractivity contribution is 0.287. The number of methoxy groups -OCH3 is 1. The number of ether oxygens (including phenoxy) is 2. The van der Waals surface area contributed by atoms with E-state index in [1.54, 1.807) is 31.0 Å². The Balaban J connectivity index is 1.62. The van der Waals surface area contributed by atoms with Crippen molar-refractivity contribution in [3.05, 3.63) is 65.7 Å². The summed E-state index contributed by atoms with van der Waals surface area (Å²) in [4.78, 5) is 0. The molecule has 0 saturated heterocycles. The van der Waals surface area contributed by atoms with Gasteiger partial charge in [-0.1, -0.05) is 23.9 Å². The third-order valence-electron chi connectivity index (χ3n) is 3.82. The largest absolute Gasteiger partial charge is 0.497 e. The Morgan fingerprint density at radius 2 is 1.69 bits per heavy atom. The lowest BCUT2D eigenvalue weighted by atomic mass is 10.2. The molecular formula is C19H20FN3O2S. The Hall–Kier alpha value is -2.54. The summed E-state index contributed by atoms with van der Waals surface area (Å²) in [5.74, 6) is 2.78. The molecule has 3 aromatic rings. The summed E-state index contributed by atoms with van der Waals surface area (Å²) in [6, 6.07) is 13.9. The average Bonchev–Trinajstić information content (AvgIpc) is 3.08. The summed E-state index contributed by atoms with van der Waals surface area (Å²) in [6.45, 7) is 3.13. The van der Waals surface area contributed by atoms with Crippen molar-refractivity contribution in [1.29, 1.82) is 0 Å². The van der Waals surface area contributed by atoms with E-state index in [0.717, 1.165) is 34.6 Å². The smallest absolute Gasteiger partial charge is 0.191 e. The van der Waals surface area contributed by atoms with E-state index in [1.165, 1.54) is 12.1 Å². The Bertz CT molecular complexity index is 835. The van der Waals surface area contributed by atoms with Gasteiger partial charge in [0.1, 0.15) is 23.9 Å². The second-order valence-corrected chi connectivity index (χ2v) is 6.46.